The fourth-order valence-corrected chi connectivity index (χ4v) is 1.89. The Labute approximate surface area is 134 Å². The summed E-state index contributed by atoms with van der Waals surface area (Å²) in [5.41, 5.74) is 1.28. The first-order valence-corrected chi connectivity index (χ1v) is 6.99. The van der Waals surface area contributed by atoms with Crippen molar-refractivity contribution in [1.82, 2.24) is 20.1 Å². The largest absolute Gasteiger partial charge is 0.465 e. The number of aromatic amines is 1. The lowest BCUT2D eigenvalue weighted by molar-refractivity contribution is -0.125. The number of methoxy groups -OCH3 is 1. The second-order valence-corrected chi connectivity index (χ2v) is 4.98. The minimum Gasteiger partial charge on any atom is -0.465 e. The van der Waals surface area contributed by atoms with E-state index in [9.17, 15) is 9.59 Å². The van der Waals surface area contributed by atoms with E-state index in [1.54, 1.807) is 44.3 Å². The summed E-state index contributed by atoms with van der Waals surface area (Å²) < 4.78 is 4.63. The summed E-state index contributed by atoms with van der Waals surface area (Å²) in [5, 5.41) is 6.73. The number of amides is 1. The summed E-state index contributed by atoms with van der Waals surface area (Å²) in [5.74, 6) is 0.721. The molecule has 7 nitrogen and oxygen atoms in total. The van der Waals surface area contributed by atoms with Crippen molar-refractivity contribution in [3.05, 3.63) is 53.1 Å². The summed E-state index contributed by atoms with van der Waals surface area (Å²) in [6, 6.07) is 6.79. The number of hydrogen-bond acceptors (Lipinski definition) is 5. The molecule has 0 saturated carbocycles. The number of aryl methyl sites for hydroxylation is 1. The number of hydrogen-bond donors (Lipinski definition) is 1. The number of ether oxygens (including phenoxy) is 1. The lowest BCUT2D eigenvalue weighted by Crippen LogP contribution is -2.24. The topological polar surface area (TPSA) is 88.2 Å². The molecule has 0 spiro atoms. The van der Waals surface area contributed by atoms with Crippen molar-refractivity contribution in [1.29, 1.82) is 0 Å². The number of esters is 1. The predicted octanol–water partition coefficient (Wildman–Crippen LogP) is 1.57. The van der Waals surface area contributed by atoms with Crippen LogP contribution >= 0.6 is 0 Å². The van der Waals surface area contributed by atoms with Gasteiger partial charge in [0.2, 0.25) is 5.91 Å². The second kappa shape index (κ2) is 7.35. The first-order chi connectivity index (χ1) is 11.0. The van der Waals surface area contributed by atoms with Crippen molar-refractivity contribution in [3.63, 3.8) is 0 Å². The minimum atomic E-state index is -0.391. The molecule has 0 atom stereocenters. The Morgan fingerprint density at radius 2 is 2.00 bits per heavy atom. The van der Waals surface area contributed by atoms with Crippen molar-refractivity contribution < 1.29 is 14.3 Å². The maximum atomic E-state index is 12.0. The Morgan fingerprint density at radius 1 is 1.30 bits per heavy atom. The highest BCUT2D eigenvalue weighted by Crippen LogP contribution is 2.08. The van der Waals surface area contributed by atoms with Crippen LogP contribution in [0.25, 0.3) is 6.08 Å². The molecule has 2 aromatic rings. The van der Waals surface area contributed by atoms with E-state index < -0.39 is 5.97 Å². The highest BCUT2D eigenvalue weighted by atomic mass is 16.5. The molecule has 0 unspecified atom stereocenters. The summed E-state index contributed by atoms with van der Waals surface area (Å²) >= 11 is 0. The lowest BCUT2D eigenvalue weighted by Gasteiger charge is -2.12. The molecule has 7 heteroatoms. The standard InChI is InChI=1S/C16H18N4O3/c1-11-17-14(19-18-11)10-20(2)15(21)9-6-12-4-7-13(8-5-12)16(22)23-3/h4-9H,10H2,1-3H3,(H,17,18,19)/b9-6-. The molecule has 0 aliphatic rings. The third-order valence-electron chi connectivity index (χ3n) is 3.15. The zero-order valence-electron chi connectivity index (χ0n) is 13.2. The van der Waals surface area contributed by atoms with E-state index in [0.29, 0.717) is 23.8 Å². The summed E-state index contributed by atoms with van der Waals surface area (Å²) in [4.78, 5) is 29.1. The first kappa shape index (κ1) is 16.4. The highest BCUT2D eigenvalue weighted by molar-refractivity contribution is 5.92. The molecule has 0 saturated heterocycles. The van der Waals surface area contributed by atoms with E-state index in [2.05, 4.69) is 19.9 Å². The van der Waals surface area contributed by atoms with Crippen LogP contribution in [0.5, 0.6) is 0 Å². The number of likely N-dealkylation sites (N-methyl/N-ethyl adjacent to an activating group) is 1. The first-order valence-electron chi connectivity index (χ1n) is 6.99. The van der Waals surface area contributed by atoms with Gasteiger partial charge in [-0.25, -0.2) is 9.78 Å². The van der Waals surface area contributed by atoms with Crippen molar-refractivity contribution in [2.45, 2.75) is 13.5 Å². The highest BCUT2D eigenvalue weighted by Gasteiger charge is 2.09. The molecule has 0 fully saturated rings. The van der Waals surface area contributed by atoms with Gasteiger partial charge in [-0.2, -0.15) is 5.10 Å². The van der Waals surface area contributed by atoms with Gasteiger partial charge >= 0.3 is 5.97 Å². The van der Waals surface area contributed by atoms with Crippen molar-refractivity contribution in [2.24, 2.45) is 0 Å². The van der Waals surface area contributed by atoms with Crippen LogP contribution < -0.4 is 0 Å². The van der Waals surface area contributed by atoms with Crippen LogP contribution in [0, 0.1) is 6.92 Å². The van der Waals surface area contributed by atoms with Crippen LogP contribution in [0.15, 0.2) is 30.3 Å². The van der Waals surface area contributed by atoms with Gasteiger partial charge in [0.1, 0.15) is 5.82 Å². The molecule has 23 heavy (non-hydrogen) atoms. The molecule has 1 amide bonds. The Kier molecular flexibility index (Phi) is 5.24. The predicted molar refractivity (Wildman–Crippen MR) is 84.4 cm³/mol. The third-order valence-corrected chi connectivity index (χ3v) is 3.15. The maximum absolute atomic E-state index is 12.0. The normalized spacial score (nSPS) is 10.7. The van der Waals surface area contributed by atoms with Gasteiger partial charge in [0.15, 0.2) is 5.82 Å². The number of benzene rings is 1. The number of carbonyl (C=O) groups excluding carboxylic acids is 2. The lowest BCUT2D eigenvalue weighted by atomic mass is 10.1. The van der Waals surface area contributed by atoms with Crippen LogP contribution in [0.3, 0.4) is 0 Å². The van der Waals surface area contributed by atoms with Crippen molar-refractivity contribution >= 4 is 18.0 Å². The van der Waals surface area contributed by atoms with Crippen LogP contribution in [0.4, 0.5) is 0 Å². The third kappa shape index (κ3) is 4.50. The average Bonchev–Trinajstić information content (AvgIpc) is 2.97. The van der Waals surface area contributed by atoms with E-state index in [4.69, 9.17) is 0 Å². The van der Waals surface area contributed by atoms with E-state index in [1.807, 2.05) is 0 Å². The molecule has 0 aliphatic heterocycles. The van der Waals surface area contributed by atoms with Gasteiger partial charge in [0.05, 0.1) is 19.2 Å². The number of carbonyl (C=O) groups is 2. The summed E-state index contributed by atoms with van der Waals surface area (Å²) in [6.45, 7) is 2.13. The van der Waals surface area contributed by atoms with E-state index in [0.717, 1.165) is 5.56 Å². The molecule has 1 aromatic heterocycles. The Hall–Kier alpha value is -2.96. The van der Waals surface area contributed by atoms with E-state index in [-0.39, 0.29) is 5.91 Å². The van der Waals surface area contributed by atoms with Crippen LogP contribution in [0.2, 0.25) is 0 Å². The molecule has 1 aromatic carbocycles. The molecular weight excluding hydrogens is 296 g/mol. The van der Waals surface area contributed by atoms with Gasteiger partial charge in [0.25, 0.3) is 0 Å². The van der Waals surface area contributed by atoms with Crippen molar-refractivity contribution in [2.75, 3.05) is 14.2 Å². The summed E-state index contributed by atoms with van der Waals surface area (Å²) in [7, 11) is 3.01. The van der Waals surface area contributed by atoms with Crippen molar-refractivity contribution in [3.8, 4) is 0 Å². The SMILES string of the molecule is COC(=O)c1ccc(/C=C\C(=O)N(C)Cc2n[nH]c(C)n2)cc1. The molecule has 0 radical (unpaired) electrons. The smallest absolute Gasteiger partial charge is 0.337 e. The monoisotopic (exact) mass is 314 g/mol. The summed E-state index contributed by atoms with van der Waals surface area (Å²) in [6.07, 6.45) is 3.15. The Bertz CT molecular complexity index is 719. The number of rotatable bonds is 5. The fraction of sp³-hybridized carbons (Fsp3) is 0.250. The van der Waals surface area contributed by atoms with Crippen LogP contribution in [-0.4, -0.2) is 46.1 Å². The average molecular weight is 314 g/mol. The fourth-order valence-electron chi connectivity index (χ4n) is 1.89. The number of H-pyrrole nitrogens is 1. The van der Waals surface area contributed by atoms with E-state index in [1.165, 1.54) is 18.1 Å². The maximum Gasteiger partial charge on any atom is 0.337 e. The molecule has 120 valence electrons. The Balaban J connectivity index is 1.95. The number of nitrogens with zero attached hydrogens (tertiary/aromatic N) is 3. The van der Waals surface area contributed by atoms with Gasteiger partial charge in [-0.15, -0.1) is 0 Å². The molecule has 0 bridgehead atoms. The minimum absolute atomic E-state index is 0.163. The van der Waals surface area contributed by atoms with Crippen LogP contribution in [-0.2, 0) is 16.1 Å². The molecule has 1 N–H and O–H groups in total. The van der Waals surface area contributed by atoms with E-state index >= 15 is 0 Å². The second-order valence-electron chi connectivity index (χ2n) is 4.98. The van der Waals surface area contributed by atoms with Gasteiger partial charge in [-0.1, -0.05) is 12.1 Å². The molecular formula is C16H18N4O3. The van der Waals surface area contributed by atoms with Gasteiger partial charge < -0.3 is 9.64 Å². The quantitative estimate of drug-likeness (QED) is 0.668. The zero-order valence-corrected chi connectivity index (χ0v) is 13.2. The number of nitrogens with one attached hydrogen (secondary N) is 1. The Morgan fingerprint density at radius 3 is 2.57 bits per heavy atom. The van der Waals surface area contributed by atoms with Gasteiger partial charge in [-0.05, 0) is 30.7 Å². The zero-order chi connectivity index (χ0) is 16.8. The molecule has 1 heterocycles. The van der Waals surface area contributed by atoms with Gasteiger partial charge in [-0.3, -0.25) is 9.89 Å². The molecule has 0 aliphatic carbocycles. The van der Waals surface area contributed by atoms with Crippen LogP contribution in [0.1, 0.15) is 27.6 Å². The van der Waals surface area contributed by atoms with Gasteiger partial charge in [0, 0.05) is 13.1 Å². The molecule has 2 rings (SSSR count). The number of aromatic nitrogens is 3.